The molecule has 0 radical (unpaired) electrons. The summed E-state index contributed by atoms with van der Waals surface area (Å²) in [5.74, 6) is -0.590. The third-order valence-electron chi connectivity index (χ3n) is 3.63. The number of carbonyl (C=O) groups excluding carboxylic acids is 3. The average molecular weight is 254 g/mol. The molecule has 2 fully saturated rings. The van der Waals surface area contributed by atoms with E-state index < -0.39 is 11.5 Å². The largest absolute Gasteiger partial charge is 0.465 e. The zero-order chi connectivity index (χ0) is 13.3. The van der Waals surface area contributed by atoms with Crippen molar-refractivity contribution in [2.24, 2.45) is 0 Å². The fourth-order valence-corrected chi connectivity index (χ4v) is 2.87. The van der Waals surface area contributed by atoms with Gasteiger partial charge in [-0.3, -0.25) is 14.4 Å². The van der Waals surface area contributed by atoms with Gasteiger partial charge in [-0.25, -0.2) is 0 Å². The highest BCUT2D eigenvalue weighted by Crippen LogP contribution is 2.38. The molecule has 0 aromatic heterocycles. The lowest BCUT2D eigenvalue weighted by Crippen LogP contribution is -2.73. The van der Waals surface area contributed by atoms with E-state index in [1.165, 1.54) is 11.8 Å². The number of nitrogens with zero attached hydrogens (tertiary/aromatic N) is 2. The monoisotopic (exact) mass is 254 g/mol. The molecule has 0 N–H and O–H groups in total. The molecule has 0 saturated carbocycles. The molecular formula is C12H18N2O4. The minimum atomic E-state index is -0.668. The Kier molecular flexibility index (Phi) is 3.28. The first-order chi connectivity index (χ1) is 8.51. The maximum Gasteiger partial charge on any atom is 0.325 e. The van der Waals surface area contributed by atoms with E-state index in [0.717, 1.165) is 6.42 Å². The molecule has 0 aliphatic carbocycles. The molecule has 6 heteroatoms. The van der Waals surface area contributed by atoms with Crippen molar-refractivity contribution in [3.8, 4) is 0 Å². The molecule has 18 heavy (non-hydrogen) atoms. The summed E-state index contributed by atoms with van der Waals surface area (Å²) in [6.45, 7) is 4.59. The Labute approximate surface area is 106 Å². The minimum Gasteiger partial charge on any atom is -0.465 e. The van der Waals surface area contributed by atoms with Crippen molar-refractivity contribution in [2.75, 3.05) is 26.2 Å². The van der Waals surface area contributed by atoms with Gasteiger partial charge in [0.2, 0.25) is 5.91 Å². The van der Waals surface area contributed by atoms with Gasteiger partial charge in [-0.1, -0.05) is 0 Å². The van der Waals surface area contributed by atoms with E-state index in [4.69, 9.17) is 4.74 Å². The van der Waals surface area contributed by atoms with Crippen molar-refractivity contribution >= 4 is 17.8 Å². The number of hydrogen-bond donors (Lipinski definition) is 0. The van der Waals surface area contributed by atoms with Crippen molar-refractivity contribution < 1.29 is 19.1 Å². The summed E-state index contributed by atoms with van der Waals surface area (Å²) in [4.78, 5) is 38.1. The van der Waals surface area contributed by atoms with Gasteiger partial charge in [0.15, 0.2) is 0 Å². The zero-order valence-electron chi connectivity index (χ0n) is 10.8. The molecule has 0 aromatic carbocycles. The summed E-state index contributed by atoms with van der Waals surface area (Å²) in [6.07, 6.45) is 1.54. The van der Waals surface area contributed by atoms with Crippen molar-refractivity contribution in [1.29, 1.82) is 0 Å². The van der Waals surface area contributed by atoms with Crippen LogP contribution in [0, 0.1) is 0 Å². The topological polar surface area (TPSA) is 66.9 Å². The molecule has 2 rings (SSSR count). The van der Waals surface area contributed by atoms with Crippen LogP contribution in [0.3, 0.4) is 0 Å². The van der Waals surface area contributed by atoms with Crippen LogP contribution in [-0.2, 0) is 19.1 Å². The molecule has 1 atom stereocenters. The Morgan fingerprint density at radius 2 is 2.17 bits per heavy atom. The van der Waals surface area contributed by atoms with Gasteiger partial charge in [0.05, 0.1) is 13.2 Å². The molecule has 2 aliphatic rings. The molecule has 0 unspecified atom stereocenters. The van der Waals surface area contributed by atoms with Gasteiger partial charge in [0.1, 0.15) is 12.1 Å². The lowest BCUT2D eigenvalue weighted by molar-refractivity contribution is -0.171. The van der Waals surface area contributed by atoms with Crippen LogP contribution in [-0.4, -0.2) is 59.4 Å². The number of hydrogen-bond acceptors (Lipinski definition) is 4. The Balaban J connectivity index is 1.98. The Hall–Kier alpha value is -1.59. The van der Waals surface area contributed by atoms with Crippen LogP contribution in [0.15, 0.2) is 0 Å². The van der Waals surface area contributed by atoms with E-state index in [0.29, 0.717) is 26.1 Å². The molecule has 0 aromatic rings. The highest BCUT2D eigenvalue weighted by molar-refractivity contribution is 5.98. The number of likely N-dealkylation sites (tertiary alicyclic amines) is 2. The van der Waals surface area contributed by atoms with Gasteiger partial charge in [-0.15, -0.1) is 0 Å². The molecule has 2 saturated heterocycles. The fraction of sp³-hybridized carbons (Fsp3) is 0.750. The van der Waals surface area contributed by atoms with Crippen LogP contribution >= 0.6 is 0 Å². The minimum absolute atomic E-state index is 0.0137. The van der Waals surface area contributed by atoms with Crippen LogP contribution in [0.1, 0.15) is 26.7 Å². The van der Waals surface area contributed by atoms with Crippen LogP contribution in [0.5, 0.6) is 0 Å². The van der Waals surface area contributed by atoms with Crippen LogP contribution in [0.2, 0.25) is 0 Å². The van der Waals surface area contributed by atoms with Crippen LogP contribution in [0.25, 0.3) is 0 Å². The third kappa shape index (κ3) is 1.85. The summed E-state index contributed by atoms with van der Waals surface area (Å²) in [5, 5.41) is 0. The standard InChI is InChI=1S/C12H18N2O4/c1-3-18-10(16)7-13-8-12(11(13)17)5-4-6-14(12)9(2)15/h3-8H2,1-2H3/t12-/m1/s1. The summed E-state index contributed by atoms with van der Waals surface area (Å²) in [7, 11) is 0. The van der Waals surface area contributed by atoms with Gasteiger partial charge in [-0.2, -0.15) is 0 Å². The normalized spacial score (nSPS) is 26.4. The first-order valence-corrected chi connectivity index (χ1v) is 6.24. The summed E-state index contributed by atoms with van der Waals surface area (Å²) in [6, 6.07) is 0. The predicted molar refractivity (Wildman–Crippen MR) is 62.6 cm³/mol. The summed E-state index contributed by atoms with van der Waals surface area (Å²) >= 11 is 0. The third-order valence-corrected chi connectivity index (χ3v) is 3.63. The summed E-state index contributed by atoms with van der Waals surface area (Å²) < 4.78 is 4.81. The first kappa shape index (κ1) is 12.9. The smallest absolute Gasteiger partial charge is 0.325 e. The van der Waals surface area contributed by atoms with E-state index in [2.05, 4.69) is 0 Å². The highest BCUT2D eigenvalue weighted by atomic mass is 16.5. The predicted octanol–water partition coefficient (Wildman–Crippen LogP) is -0.227. The van der Waals surface area contributed by atoms with Crippen molar-refractivity contribution in [2.45, 2.75) is 32.2 Å². The Morgan fingerprint density at radius 3 is 2.72 bits per heavy atom. The Morgan fingerprint density at radius 1 is 1.44 bits per heavy atom. The van der Waals surface area contributed by atoms with Crippen LogP contribution in [0.4, 0.5) is 0 Å². The Bertz CT molecular complexity index is 396. The number of β-lactam (4-membered cyclic amide) rings is 1. The van der Waals surface area contributed by atoms with Gasteiger partial charge < -0.3 is 14.5 Å². The number of rotatable bonds is 3. The lowest BCUT2D eigenvalue weighted by Gasteiger charge is -2.50. The number of ether oxygens (including phenoxy) is 1. The lowest BCUT2D eigenvalue weighted by atomic mass is 9.85. The molecule has 2 heterocycles. The molecule has 2 amide bonds. The quantitative estimate of drug-likeness (QED) is 0.515. The van der Waals surface area contributed by atoms with Gasteiger partial charge in [0, 0.05) is 13.5 Å². The van der Waals surface area contributed by atoms with Crippen molar-refractivity contribution in [3.63, 3.8) is 0 Å². The van der Waals surface area contributed by atoms with Crippen molar-refractivity contribution in [1.82, 2.24) is 9.80 Å². The van der Waals surface area contributed by atoms with E-state index >= 15 is 0 Å². The van der Waals surface area contributed by atoms with E-state index in [9.17, 15) is 14.4 Å². The number of amides is 2. The molecule has 6 nitrogen and oxygen atoms in total. The van der Waals surface area contributed by atoms with Crippen molar-refractivity contribution in [3.05, 3.63) is 0 Å². The van der Waals surface area contributed by atoms with Gasteiger partial charge in [0.25, 0.3) is 5.91 Å². The fourth-order valence-electron chi connectivity index (χ4n) is 2.87. The van der Waals surface area contributed by atoms with Gasteiger partial charge in [-0.05, 0) is 19.8 Å². The van der Waals surface area contributed by atoms with Gasteiger partial charge >= 0.3 is 5.97 Å². The highest BCUT2D eigenvalue weighted by Gasteiger charge is 2.59. The van der Waals surface area contributed by atoms with Crippen LogP contribution < -0.4 is 0 Å². The second kappa shape index (κ2) is 4.59. The molecule has 100 valence electrons. The molecule has 0 bridgehead atoms. The van der Waals surface area contributed by atoms with E-state index in [-0.39, 0.29) is 18.4 Å². The number of esters is 1. The molecular weight excluding hydrogens is 236 g/mol. The molecule has 2 aliphatic heterocycles. The maximum absolute atomic E-state index is 12.2. The maximum atomic E-state index is 12.2. The second-order valence-electron chi connectivity index (χ2n) is 4.77. The van der Waals surface area contributed by atoms with E-state index in [1.54, 1.807) is 11.8 Å². The zero-order valence-corrected chi connectivity index (χ0v) is 10.8. The number of carbonyl (C=O) groups is 3. The second-order valence-corrected chi connectivity index (χ2v) is 4.77. The summed E-state index contributed by atoms with van der Waals surface area (Å²) in [5.41, 5.74) is -0.668. The van der Waals surface area contributed by atoms with E-state index in [1.807, 2.05) is 0 Å². The SMILES string of the molecule is CCOC(=O)CN1C[C@]2(CCCN2C(C)=O)C1=O. The molecule has 1 spiro atoms. The average Bonchev–Trinajstić information content (AvgIpc) is 2.75. The first-order valence-electron chi connectivity index (χ1n) is 6.24.